The van der Waals surface area contributed by atoms with Gasteiger partial charge in [0, 0.05) is 22.1 Å². The van der Waals surface area contributed by atoms with Crippen LogP contribution in [0.25, 0.3) is 0 Å². The van der Waals surface area contributed by atoms with Crippen molar-refractivity contribution in [2.24, 2.45) is 5.41 Å². The zero-order valence-electron chi connectivity index (χ0n) is 12.0. The Morgan fingerprint density at radius 2 is 1.74 bits per heavy atom. The van der Waals surface area contributed by atoms with Crippen LogP contribution in [0.1, 0.15) is 41.0 Å². The van der Waals surface area contributed by atoms with Crippen molar-refractivity contribution in [1.29, 1.82) is 0 Å². The number of hydrogen-bond acceptors (Lipinski definition) is 3. The fraction of sp³-hybridized carbons (Fsp3) is 0.500. The van der Waals surface area contributed by atoms with Gasteiger partial charge >= 0.3 is 0 Å². The van der Waals surface area contributed by atoms with E-state index >= 15 is 0 Å². The van der Waals surface area contributed by atoms with Gasteiger partial charge in [0.25, 0.3) is 0 Å². The average Bonchev–Trinajstić information content (AvgIpc) is 2.75. The Kier molecular flexibility index (Phi) is 2.13. The molecule has 100 valence electrons. The molecule has 0 saturated heterocycles. The zero-order chi connectivity index (χ0) is 14.2. The van der Waals surface area contributed by atoms with E-state index in [0.717, 1.165) is 16.9 Å². The number of Topliss-reactive ketones (excluding diaryl/α,β-unsaturated/α-hetero) is 2. The molecule has 3 rings (SSSR count). The van der Waals surface area contributed by atoms with E-state index in [0.29, 0.717) is 11.1 Å². The van der Waals surface area contributed by atoms with E-state index in [1.807, 2.05) is 40.7 Å². The maximum Gasteiger partial charge on any atom is 0.171 e. The molecule has 1 heterocycles. The molecule has 0 N–H and O–H groups in total. The van der Waals surface area contributed by atoms with Crippen LogP contribution in [-0.4, -0.2) is 17.2 Å². The number of fused-ring (bicyclic) bond motifs is 1. The molecule has 1 atom stereocenters. The Hall–Kier alpha value is -1.64. The van der Waals surface area contributed by atoms with Crippen LogP contribution in [-0.2, 0) is 14.3 Å². The first-order valence-electron chi connectivity index (χ1n) is 6.60. The van der Waals surface area contributed by atoms with Crippen LogP contribution < -0.4 is 0 Å². The minimum absolute atomic E-state index is 0.0114. The van der Waals surface area contributed by atoms with Crippen molar-refractivity contribution in [1.82, 2.24) is 0 Å². The number of ketones is 2. The van der Waals surface area contributed by atoms with E-state index < -0.39 is 11.0 Å². The summed E-state index contributed by atoms with van der Waals surface area (Å²) in [6.07, 6.45) is 2.01. The number of carbonyl (C=O) groups is 2. The molecule has 0 spiro atoms. The summed E-state index contributed by atoms with van der Waals surface area (Å²) >= 11 is 0. The molecule has 0 aromatic carbocycles. The predicted molar refractivity (Wildman–Crippen MR) is 71.4 cm³/mol. The Bertz CT molecular complexity index is 628. The third kappa shape index (κ3) is 1.23. The smallest absolute Gasteiger partial charge is 0.171 e. The van der Waals surface area contributed by atoms with E-state index in [1.54, 1.807) is 0 Å². The van der Waals surface area contributed by atoms with Gasteiger partial charge in [-0.15, -0.1) is 0 Å². The molecule has 2 aliphatic carbocycles. The molecule has 1 aliphatic heterocycles. The first-order valence-corrected chi connectivity index (χ1v) is 6.60. The van der Waals surface area contributed by atoms with Crippen molar-refractivity contribution in [2.75, 3.05) is 0 Å². The normalized spacial score (nSPS) is 32.4. The minimum Gasteiger partial charge on any atom is -0.487 e. The van der Waals surface area contributed by atoms with Crippen LogP contribution in [0, 0.1) is 5.41 Å². The van der Waals surface area contributed by atoms with Gasteiger partial charge in [-0.2, -0.15) is 0 Å². The Morgan fingerprint density at radius 3 is 2.37 bits per heavy atom. The first-order chi connectivity index (χ1) is 8.70. The van der Waals surface area contributed by atoms with Gasteiger partial charge in [-0.25, -0.2) is 0 Å². The molecular weight excluding hydrogens is 240 g/mol. The number of ether oxygens (including phenoxy) is 1. The summed E-state index contributed by atoms with van der Waals surface area (Å²) in [4.78, 5) is 24.3. The van der Waals surface area contributed by atoms with Crippen LogP contribution in [0.15, 0.2) is 34.1 Å². The third-order valence-electron chi connectivity index (χ3n) is 4.95. The highest BCUT2D eigenvalue weighted by molar-refractivity contribution is 6.25. The van der Waals surface area contributed by atoms with Crippen LogP contribution in [0.2, 0.25) is 0 Å². The molecule has 3 nitrogen and oxygen atoms in total. The molecule has 0 saturated carbocycles. The molecule has 0 amide bonds. The molecule has 0 radical (unpaired) electrons. The van der Waals surface area contributed by atoms with E-state index in [2.05, 4.69) is 0 Å². The summed E-state index contributed by atoms with van der Waals surface area (Å²) in [6.45, 7) is 9.84. The van der Waals surface area contributed by atoms with Gasteiger partial charge in [0.1, 0.15) is 5.60 Å². The molecule has 0 aromatic rings. The highest BCUT2D eigenvalue weighted by Crippen LogP contribution is 2.57. The van der Waals surface area contributed by atoms with Gasteiger partial charge in [-0.1, -0.05) is 13.8 Å². The van der Waals surface area contributed by atoms with Gasteiger partial charge in [0.15, 0.2) is 11.6 Å². The van der Waals surface area contributed by atoms with Gasteiger partial charge in [0.05, 0.1) is 12.2 Å². The zero-order valence-corrected chi connectivity index (χ0v) is 12.0. The Labute approximate surface area is 113 Å². The molecule has 3 aliphatic rings. The van der Waals surface area contributed by atoms with Crippen LogP contribution in [0.3, 0.4) is 0 Å². The molecular formula is C16H18O3. The number of hydrogen-bond donors (Lipinski definition) is 0. The third-order valence-corrected chi connectivity index (χ3v) is 4.95. The monoisotopic (exact) mass is 258 g/mol. The van der Waals surface area contributed by atoms with Gasteiger partial charge in [-0.3, -0.25) is 9.59 Å². The van der Waals surface area contributed by atoms with Gasteiger partial charge in [0.2, 0.25) is 0 Å². The van der Waals surface area contributed by atoms with Crippen molar-refractivity contribution in [2.45, 2.75) is 46.6 Å². The second kappa shape index (κ2) is 3.27. The van der Waals surface area contributed by atoms with Crippen LogP contribution >= 0.6 is 0 Å². The summed E-state index contributed by atoms with van der Waals surface area (Å²) in [5, 5.41) is 0. The average molecular weight is 258 g/mol. The summed E-state index contributed by atoms with van der Waals surface area (Å²) < 4.78 is 6.04. The lowest BCUT2D eigenvalue weighted by atomic mass is 9.61. The molecule has 19 heavy (non-hydrogen) atoms. The largest absolute Gasteiger partial charge is 0.487 e. The summed E-state index contributed by atoms with van der Waals surface area (Å²) in [5.41, 5.74) is 2.19. The van der Waals surface area contributed by atoms with Gasteiger partial charge in [-0.05, 0) is 32.4 Å². The fourth-order valence-corrected chi connectivity index (χ4v) is 3.71. The molecule has 0 bridgehead atoms. The summed E-state index contributed by atoms with van der Waals surface area (Å²) in [6, 6.07) is 0. The van der Waals surface area contributed by atoms with Crippen LogP contribution in [0.4, 0.5) is 0 Å². The highest BCUT2D eigenvalue weighted by atomic mass is 16.5. The standard InChI is InChI=1S/C16H18O3/c1-8-6-10-9(2)13-11(17)7-12(18)14(13)15(3,4)16(10,5)19-8/h6H,7H2,1-5H3. The fourth-order valence-electron chi connectivity index (χ4n) is 3.71. The van der Waals surface area contributed by atoms with Gasteiger partial charge < -0.3 is 4.74 Å². The van der Waals surface area contributed by atoms with Crippen LogP contribution in [0.5, 0.6) is 0 Å². The second-order valence-electron chi connectivity index (χ2n) is 6.33. The lowest BCUT2D eigenvalue weighted by Crippen LogP contribution is -2.48. The van der Waals surface area contributed by atoms with Crippen molar-refractivity contribution in [3.63, 3.8) is 0 Å². The van der Waals surface area contributed by atoms with Crippen molar-refractivity contribution in [3.8, 4) is 0 Å². The number of carbonyl (C=O) groups excluding carboxylic acids is 2. The highest BCUT2D eigenvalue weighted by Gasteiger charge is 2.58. The Morgan fingerprint density at radius 1 is 1.11 bits per heavy atom. The molecule has 0 aromatic heterocycles. The SMILES string of the molecule is CC1=CC2=C(C)C3=C(C(=O)CC3=O)C(C)(C)C2(C)O1. The molecule has 1 unspecified atom stereocenters. The quantitative estimate of drug-likeness (QED) is 0.627. The van der Waals surface area contributed by atoms with E-state index in [-0.39, 0.29) is 18.0 Å². The maximum atomic E-state index is 12.2. The van der Waals surface area contributed by atoms with Crippen molar-refractivity contribution >= 4 is 11.6 Å². The summed E-state index contributed by atoms with van der Waals surface area (Å²) in [7, 11) is 0. The molecule has 0 fully saturated rings. The number of allylic oxidation sites excluding steroid dienone is 3. The Balaban J connectivity index is 2.36. The lowest BCUT2D eigenvalue weighted by molar-refractivity contribution is -0.121. The summed E-state index contributed by atoms with van der Waals surface area (Å²) in [5.74, 6) is 0.752. The van der Waals surface area contributed by atoms with Crippen molar-refractivity contribution in [3.05, 3.63) is 34.1 Å². The van der Waals surface area contributed by atoms with Crippen molar-refractivity contribution < 1.29 is 14.3 Å². The first kappa shape index (κ1) is 12.4. The van der Waals surface area contributed by atoms with E-state index in [9.17, 15) is 9.59 Å². The van der Waals surface area contributed by atoms with E-state index in [1.165, 1.54) is 0 Å². The van der Waals surface area contributed by atoms with E-state index in [4.69, 9.17) is 4.74 Å². The minimum atomic E-state index is -0.555. The molecule has 3 heteroatoms. The second-order valence-corrected chi connectivity index (χ2v) is 6.33. The predicted octanol–water partition coefficient (Wildman–Crippen LogP) is 2.87. The maximum absolute atomic E-state index is 12.2. The topological polar surface area (TPSA) is 43.4 Å². The number of rotatable bonds is 0. The lowest BCUT2D eigenvalue weighted by Gasteiger charge is -2.46.